The Bertz CT molecular complexity index is 117. The Morgan fingerprint density at radius 1 is 1.86 bits per heavy atom. The van der Waals surface area contributed by atoms with Crippen molar-refractivity contribution in [2.75, 3.05) is 6.54 Å². The second kappa shape index (κ2) is 1.64. The number of hydrogen-bond donors (Lipinski definition) is 2. The van der Waals surface area contributed by atoms with Crippen LogP contribution < -0.4 is 5.32 Å². The third kappa shape index (κ3) is 0.924. The fourth-order valence-corrected chi connectivity index (χ4v) is 0.371. The van der Waals surface area contributed by atoms with Gasteiger partial charge in [-0.25, -0.2) is 4.99 Å². The molecule has 0 aromatic heterocycles. The molecule has 0 spiro atoms. The van der Waals surface area contributed by atoms with Gasteiger partial charge in [-0.15, -0.1) is 0 Å². The van der Waals surface area contributed by atoms with Crippen LogP contribution in [0.5, 0.6) is 0 Å². The van der Waals surface area contributed by atoms with Crippen molar-refractivity contribution in [2.24, 2.45) is 4.99 Å². The minimum Gasteiger partial charge on any atom is -0.481 e. The molecule has 0 saturated carbocycles. The van der Waals surface area contributed by atoms with Crippen molar-refractivity contribution < 1.29 is 5.11 Å². The summed E-state index contributed by atoms with van der Waals surface area (Å²) in [5.74, 6) is 0. The molecule has 1 rings (SSSR count). The van der Waals surface area contributed by atoms with E-state index >= 15 is 0 Å². The molecule has 0 unspecified atom stereocenters. The van der Waals surface area contributed by atoms with E-state index in [1.807, 2.05) is 6.08 Å². The van der Waals surface area contributed by atoms with Crippen molar-refractivity contribution in [3.05, 3.63) is 12.3 Å². The maximum absolute atomic E-state index is 8.50. The quantitative estimate of drug-likeness (QED) is 0.448. The lowest BCUT2D eigenvalue weighted by atomic mass is 10.6. The van der Waals surface area contributed by atoms with Gasteiger partial charge in [0.05, 0.1) is 6.54 Å². The van der Waals surface area contributed by atoms with E-state index in [9.17, 15) is 0 Å². The lowest BCUT2D eigenvalue weighted by Crippen LogP contribution is -2.19. The fraction of sp³-hybridized carbons (Fsp3) is 0.250. The van der Waals surface area contributed by atoms with Gasteiger partial charge < -0.3 is 10.4 Å². The van der Waals surface area contributed by atoms with Gasteiger partial charge in [-0.2, -0.15) is 0 Å². The largest absolute Gasteiger partial charge is 0.481 e. The van der Waals surface area contributed by atoms with Gasteiger partial charge in [0.25, 0.3) is 6.02 Å². The minimum atomic E-state index is 0.00231. The van der Waals surface area contributed by atoms with E-state index < -0.39 is 0 Å². The van der Waals surface area contributed by atoms with Gasteiger partial charge in [0.2, 0.25) is 0 Å². The highest BCUT2D eigenvalue weighted by atomic mass is 16.3. The third-order valence-electron chi connectivity index (χ3n) is 0.677. The maximum atomic E-state index is 8.50. The van der Waals surface area contributed by atoms with Crippen molar-refractivity contribution in [1.82, 2.24) is 5.32 Å². The summed E-state index contributed by atoms with van der Waals surface area (Å²) in [5.41, 5.74) is 0. The average molecular weight is 98.1 g/mol. The van der Waals surface area contributed by atoms with Crippen LogP contribution in [0.3, 0.4) is 0 Å². The number of amidine groups is 1. The van der Waals surface area contributed by atoms with Gasteiger partial charge in [-0.1, -0.05) is 0 Å². The SMILES string of the molecule is OC1=NCC=CN1. The molecule has 0 atom stereocenters. The Kier molecular flexibility index (Phi) is 0.978. The van der Waals surface area contributed by atoms with Crippen LogP contribution in [0.25, 0.3) is 0 Å². The van der Waals surface area contributed by atoms with Crippen molar-refractivity contribution >= 4 is 6.02 Å². The first-order valence-corrected chi connectivity index (χ1v) is 2.04. The summed E-state index contributed by atoms with van der Waals surface area (Å²) in [5, 5.41) is 11.0. The van der Waals surface area contributed by atoms with Gasteiger partial charge in [-0.3, -0.25) is 0 Å². The Hall–Kier alpha value is -0.990. The summed E-state index contributed by atoms with van der Waals surface area (Å²) < 4.78 is 0. The lowest BCUT2D eigenvalue weighted by molar-refractivity contribution is 0.522. The van der Waals surface area contributed by atoms with Gasteiger partial charge in [0, 0.05) is 6.20 Å². The predicted octanol–water partition coefficient (Wildman–Crippen LogP) is 0.0173. The zero-order chi connectivity index (χ0) is 5.11. The molecule has 0 saturated heterocycles. The number of hydrogen-bond acceptors (Lipinski definition) is 2. The molecule has 0 radical (unpaired) electrons. The third-order valence-corrected chi connectivity index (χ3v) is 0.677. The average Bonchev–Trinajstić information content (AvgIpc) is 1.69. The molecule has 2 N–H and O–H groups in total. The number of aliphatic imine (C=N–C) groups is 1. The molecule has 1 aliphatic rings. The number of aliphatic hydroxyl groups excluding tert-OH is 1. The summed E-state index contributed by atoms with van der Waals surface area (Å²) in [7, 11) is 0. The van der Waals surface area contributed by atoms with E-state index in [-0.39, 0.29) is 6.02 Å². The molecule has 7 heavy (non-hydrogen) atoms. The molecular formula is C4H6N2O. The molecule has 0 aromatic rings. The fourth-order valence-electron chi connectivity index (χ4n) is 0.371. The van der Waals surface area contributed by atoms with Gasteiger partial charge in [0.15, 0.2) is 0 Å². The first-order chi connectivity index (χ1) is 3.39. The van der Waals surface area contributed by atoms with Crippen molar-refractivity contribution in [1.29, 1.82) is 0 Å². The second-order valence-electron chi connectivity index (χ2n) is 1.21. The van der Waals surface area contributed by atoms with E-state index in [2.05, 4.69) is 10.3 Å². The summed E-state index contributed by atoms with van der Waals surface area (Å²) in [6, 6.07) is 0.00231. The smallest absolute Gasteiger partial charge is 0.286 e. The first kappa shape index (κ1) is 4.18. The Morgan fingerprint density at radius 2 is 2.71 bits per heavy atom. The molecule has 1 heterocycles. The number of nitrogens with one attached hydrogen (secondary N) is 1. The number of nitrogens with zero attached hydrogens (tertiary/aromatic N) is 1. The van der Waals surface area contributed by atoms with Crippen LogP contribution in [0, 0.1) is 0 Å². The zero-order valence-electron chi connectivity index (χ0n) is 3.76. The standard InChI is InChI=1S/C4H6N2O/c7-4-5-2-1-3-6-4/h1-2H,3H2,(H2,5,6,7). The summed E-state index contributed by atoms with van der Waals surface area (Å²) >= 11 is 0. The Morgan fingerprint density at radius 3 is 3.00 bits per heavy atom. The highest BCUT2D eigenvalue weighted by Gasteiger charge is 1.89. The van der Waals surface area contributed by atoms with Crippen molar-refractivity contribution in [3.8, 4) is 0 Å². The molecule has 0 fully saturated rings. The van der Waals surface area contributed by atoms with Crippen molar-refractivity contribution in [3.63, 3.8) is 0 Å². The first-order valence-electron chi connectivity index (χ1n) is 2.04. The van der Waals surface area contributed by atoms with Crippen LogP contribution in [-0.2, 0) is 0 Å². The van der Waals surface area contributed by atoms with E-state index in [4.69, 9.17) is 5.11 Å². The molecule has 0 aromatic carbocycles. The van der Waals surface area contributed by atoms with Crippen LogP contribution in [0.2, 0.25) is 0 Å². The minimum absolute atomic E-state index is 0.00231. The van der Waals surface area contributed by atoms with Gasteiger partial charge in [-0.05, 0) is 6.08 Å². The lowest BCUT2D eigenvalue weighted by Gasteiger charge is -1.99. The van der Waals surface area contributed by atoms with E-state index in [1.165, 1.54) is 0 Å². The van der Waals surface area contributed by atoms with Crippen LogP contribution in [0.15, 0.2) is 17.3 Å². The Balaban J connectivity index is 2.50. The summed E-state index contributed by atoms with van der Waals surface area (Å²) in [4.78, 5) is 3.60. The molecule has 0 bridgehead atoms. The van der Waals surface area contributed by atoms with Crippen molar-refractivity contribution in [2.45, 2.75) is 0 Å². The topological polar surface area (TPSA) is 44.6 Å². The monoisotopic (exact) mass is 98.0 g/mol. The highest BCUT2D eigenvalue weighted by Crippen LogP contribution is 1.79. The van der Waals surface area contributed by atoms with Crippen LogP contribution in [-0.4, -0.2) is 17.7 Å². The second-order valence-corrected chi connectivity index (χ2v) is 1.21. The predicted molar refractivity (Wildman–Crippen MR) is 27.2 cm³/mol. The van der Waals surface area contributed by atoms with Gasteiger partial charge in [0.1, 0.15) is 0 Å². The van der Waals surface area contributed by atoms with E-state index in [0.29, 0.717) is 6.54 Å². The number of rotatable bonds is 0. The molecule has 0 amide bonds. The Labute approximate surface area is 41.4 Å². The van der Waals surface area contributed by atoms with E-state index in [0.717, 1.165) is 0 Å². The zero-order valence-corrected chi connectivity index (χ0v) is 3.76. The van der Waals surface area contributed by atoms with Crippen LogP contribution >= 0.6 is 0 Å². The summed E-state index contributed by atoms with van der Waals surface area (Å²) in [6.07, 6.45) is 3.47. The normalized spacial score (nSPS) is 18.0. The molecule has 1 aliphatic heterocycles. The van der Waals surface area contributed by atoms with Crippen LogP contribution in [0.1, 0.15) is 0 Å². The van der Waals surface area contributed by atoms with E-state index in [1.54, 1.807) is 6.20 Å². The molecular weight excluding hydrogens is 92.1 g/mol. The number of aliphatic hydroxyl groups is 1. The molecule has 38 valence electrons. The molecule has 0 aliphatic carbocycles. The van der Waals surface area contributed by atoms with Crippen LogP contribution in [0.4, 0.5) is 0 Å². The molecule has 3 nitrogen and oxygen atoms in total. The summed E-state index contributed by atoms with van der Waals surface area (Å²) in [6.45, 7) is 0.582. The maximum Gasteiger partial charge on any atom is 0.286 e. The highest BCUT2D eigenvalue weighted by molar-refractivity contribution is 5.73. The molecule has 3 heteroatoms. The van der Waals surface area contributed by atoms with Gasteiger partial charge >= 0.3 is 0 Å².